The third-order valence-corrected chi connectivity index (χ3v) is 2.90. The van der Waals surface area contributed by atoms with Crippen molar-refractivity contribution in [3.05, 3.63) is 22.8 Å². The lowest BCUT2D eigenvalue weighted by atomic mass is 9.69. The summed E-state index contributed by atoms with van der Waals surface area (Å²) in [6, 6.07) is 0. The van der Waals surface area contributed by atoms with E-state index < -0.39 is 0 Å². The Morgan fingerprint density at radius 3 is 2.67 bits per heavy atom. The zero-order chi connectivity index (χ0) is 11.0. The van der Waals surface area contributed by atoms with Crippen LogP contribution in [0, 0.1) is 5.92 Å². The van der Waals surface area contributed by atoms with Crippen molar-refractivity contribution in [1.29, 1.82) is 0 Å². The maximum atomic E-state index is 5.24. The first-order valence-electron chi connectivity index (χ1n) is 5.11. The predicted octanol–water partition coefficient (Wildman–Crippen LogP) is 1.30. The molecular formula is C11H16N4. The molecule has 0 amide bonds. The molecule has 15 heavy (non-hydrogen) atoms. The van der Waals surface area contributed by atoms with Crippen molar-refractivity contribution in [3.63, 3.8) is 0 Å². The van der Waals surface area contributed by atoms with Gasteiger partial charge in [0, 0.05) is 0 Å². The highest BCUT2D eigenvalue weighted by atomic mass is 15.3. The first-order chi connectivity index (χ1) is 7.08. The van der Waals surface area contributed by atoms with Crippen molar-refractivity contribution < 1.29 is 0 Å². The molecule has 1 atom stereocenters. The number of hydrogen-bond donors (Lipinski definition) is 2. The Kier molecular flexibility index (Phi) is 2.34. The minimum atomic E-state index is 0.0201. The molecule has 4 nitrogen and oxygen atoms in total. The lowest BCUT2D eigenvalue weighted by Crippen LogP contribution is -2.31. The third kappa shape index (κ3) is 1.79. The fraction of sp³-hybridized carbons (Fsp3) is 0.455. The van der Waals surface area contributed by atoms with E-state index >= 15 is 0 Å². The van der Waals surface area contributed by atoms with Crippen molar-refractivity contribution in [1.82, 2.24) is 0 Å². The Balaban J connectivity index is 2.26. The van der Waals surface area contributed by atoms with Crippen LogP contribution in [-0.4, -0.2) is 11.7 Å². The summed E-state index contributed by atoms with van der Waals surface area (Å²) in [6.45, 7) is 4.29. The Hall–Kier alpha value is -1.58. The standard InChI is InChI=1S/C11H16N4/c1-6-3-7(2)10-8(4-6)5-9(10)14-15-11(12)13/h3,8H,4-5H2,1-2H3,(H4,12,13,15). The third-order valence-electron chi connectivity index (χ3n) is 2.90. The summed E-state index contributed by atoms with van der Waals surface area (Å²) in [4.78, 5) is 0. The molecule has 0 saturated heterocycles. The SMILES string of the molecule is CC1=CC(C)=C2C(=NN=C(N)N)CC2C1. The zero-order valence-electron chi connectivity index (χ0n) is 9.12. The van der Waals surface area contributed by atoms with E-state index in [0.29, 0.717) is 5.92 Å². The highest BCUT2D eigenvalue weighted by Crippen LogP contribution is 2.41. The summed E-state index contributed by atoms with van der Waals surface area (Å²) in [6.07, 6.45) is 4.36. The Morgan fingerprint density at radius 1 is 1.33 bits per heavy atom. The lowest BCUT2D eigenvalue weighted by molar-refractivity contribution is 0.583. The topological polar surface area (TPSA) is 76.8 Å². The van der Waals surface area contributed by atoms with E-state index in [2.05, 4.69) is 30.1 Å². The van der Waals surface area contributed by atoms with Gasteiger partial charge in [0.2, 0.25) is 5.96 Å². The predicted molar refractivity (Wildman–Crippen MR) is 62.4 cm³/mol. The normalized spacial score (nSPS) is 26.9. The monoisotopic (exact) mass is 204 g/mol. The van der Waals surface area contributed by atoms with Crippen LogP contribution in [0.4, 0.5) is 0 Å². The van der Waals surface area contributed by atoms with E-state index in [9.17, 15) is 0 Å². The molecule has 0 aliphatic heterocycles. The second kappa shape index (κ2) is 3.53. The van der Waals surface area contributed by atoms with Crippen LogP contribution in [0.3, 0.4) is 0 Å². The van der Waals surface area contributed by atoms with Crippen LogP contribution in [0.2, 0.25) is 0 Å². The zero-order valence-corrected chi connectivity index (χ0v) is 9.12. The van der Waals surface area contributed by atoms with Gasteiger partial charge in [0.15, 0.2) is 0 Å². The Labute approximate surface area is 89.4 Å². The van der Waals surface area contributed by atoms with Gasteiger partial charge < -0.3 is 11.5 Å². The number of hydrogen-bond acceptors (Lipinski definition) is 2. The second-order valence-corrected chi connectivity index (χ2v) is 4.26. The molecule has 0 aromatic carbocycles. The van der Waals surface area contributed by atoms with Crippen LogP contribution in [0.15, 0.2) is 33.0 Å². The molecule has 0 radical (unpaired) electrons. The van der Waals surface area contributed by atoms with E-state index in [0.717, 1.165) is 18.6 Å². The van der Waals surface area contributed by atoms with Gasteiger partial charge in [-0.1, -0.05) is 11.6 Å². The summed E-state index contributed by atoms with van der Waals surface area (Å²) in [5, 5.41) is 7.75. The van der Waals surface area contributed by atoms with E-state index in [1.165, 1.54) is 16.7 Å². The van der Waals surface area contributed by atoms with Gasteiger partial charge in [0.25, 0.3) is 0 Å². The van der Waals surface area contributed by atoms with Gasteiger partial charge in [-0.2, -0.15) is 5.10 Å². The van der Waals surface area contributed by atoms with Crippen molar-refractivity contribution in [2.24, 2.45) is 27.6 Å². The second-order valence-electron chi connectivity index (χ2n) is 4.26. The smallest absolute Gasteiger partial charge is 0.211 e. The van der Waals surface area contributed by atoms with Crippen LogP contribution in [0.25, 0.3) is 0 Å². The van der Waals surface area contributed by atoms with E-state index in [1.807, 2.05) is 0 Å². The van der Waals surface area contributed by atoms with Gasteiger partial charge >= 0.3 is 0 Å². The molecule has 1 fully saturated rings. The molecule has 4 heteroatoms. The molecule has 2 rings (SSSR count). The molecule has 80 valence electrons. The van der Waals surface area contributed by atoms with Crippen LogP contribution < -0.4 is 11.5 Å². The quantitative estimate of drug-likeness (QED) is 0.383. The number of guanidine groups is 1. The van der Waals surface area contributed by atoms with Gasteiger partial charge in [-0.3, -0.25) is 0 Å². The fourth-order valence-corrected chi connectivity index (χ4v) is 2.38. The maximum Gasteiger partial charge on any atom is 0.211 e. The van der Waals surface area contributed by atoms with Gasteiger partial charge in [0.1, 0.15) is 0 Å². The molecule has 0 heterocycles. The minimum Gasteiger partial charge on any atom is -0.369 e. The number of fused-ring (bicyclic) bond motifs is 1. The summed E-state index contributed by atoms with van der Waals surface area (Å²) < 4.78 is 0. The fourth-order valence-electron chi connectivity index (χ4n) is 2.38. The highest BCUT2D eigenvalue weighted by Gasteiger charge is 2.34. The Bertz CT molecular complexity index is 408. The summed E-state index contributed by atoms with van der Waals surface area (Å²) in [7, 11) is 0. The van der Waals surface area contributed by atoms with Crippen molar-refractivity contribution in [3.8, 4) is 0 Å². The molecule has 2 aliphatic rings. The average molecular weight is 204 g/mol. The molecule has 0 aromatic heterocycles. The van der Waals surface area contributed by atoms with Gasteiger partial charge in [-0.15, -0.1) is 5.10 Å². The molecule has 0 spiro atoms. The van der Waals surface area contributed by atoms with Gasteiger partial charge in [0.05, 0.1) is 5.71 Å². The number of allylic oxidation sites excluding steroid dienone is 4. The molecule has 0 aromatic rings. The van der Waals surface area contributed by atoms with E-state index in [1.54, 1.807) is 0 Å². The summed E-state index contributed by atoms with van der Waals surface area (Å²) in [5.74, 6) is 0.662. The largest absolute Gasteiger partial charge is 0.369 e. The first-order valence-corrected chi connectivity index (χ1v) is 5.11. The molecule has 4 N–H and O–H groups in total. The lowest BCUT2D eigenvalue weighted by Gasteiger charge is -2.36. The van der Waals surface area contributed by atoms with Crippen LogP contribution in [-0.2, 0) is 0 Å². The average Bonchev–Trinajstić information content (AvgIpc) is 2.06. The molecule has 2 aliphatic carbocycles. The Morgan fingerprint density at radius 2 is 2.07 bits per heavy atom. The molecule has 1 saturated carbocycles. The molecule has 0 bridgehead atoms. The van der Waals surface area contributed by atoms with Crippen LogP contribution in [0.5, 0.6) is 0 Å². The summed E-state index contributed by atoms with van der Waals surface area (Å²) >= 11 is 0. The van der Waals surface area contributed by atoms with Crippen molar-refractivity contribution >= 4 is 11.7 Å². The highest BCUT2D eigenvalue weighted by molar-refractivity contribution is 6.08. The van der Waals surface area contributed by atoms with Crippen LogP contribution in [0.1, 0.15) is 26.7 Å². The number of nitrogens with two attached hydrogens (primary N) is 2. The van der Waals surface area contributed by atoms with Gasteiger partial charge in [-0.25, -0.2) is 0 Å². The van der Waals surface area contributed by atoms with E-state index in [-0.39, 0.29) is 5.96 Å². The summed E-state index contributed by atoms with van der Waals surface area (Å²) in [5.41, 5.74) is 15.6. The van der Waals surface area contributed by atoms with Gasteiger partial charge in [-0.05, 0) is 43.8 Å². The van der Waals surface area contributed by atoms with Crippen molar-refractivity contribution in [2.75, 3.05) is 0 Å². The minimum absolute atomic E-state index is 0.0201. The van der Waals surface area contributed by atoms with Crippen LogP contribution >= 0.6 is 0 Å². The van der Waals surface area contributed by atoms with E-state index in [4.69, 9.17) is 11.5 Å². The number of rotatable bonds is 1. The number of nitrogens with zero attached hydrogens (tertiary/aromatic N) is 2. The molecule has 1 unspecified atom stereocenters. The van der Waals surface area contributed by atoms with Crippen molar-refractivity contribution in [2.45, 2.75) is 26.7 Å². The first kappa shape index (κ1) is 9.96. The molecular weight excluding hydrogens is 188 g/mol. The maximum absolute atomic E-state index is 5.24.